The van der Waals surface area contributed by atoms with Crippen molar-refractivity contribution in [1.82, 2.24) is 0 Å². The van der Waals surface area contributed by atoms with E-state index in [1.807, 2.05) is 26.8 Å². The number of ether oxygens (including phenoxy) is 2. The minimum atomic E-state index is -0.453. The van der Waals surface area contributed by atoms with Crippen molar-refractivity contribution in [3.63, 3.8) is 0 Å². The Hall–Kier alpha value is -0.740. The second-order valence-electron chi connectivity index (χ2n) is 4.34. The second-order valence-corrected chi connectivity index (χ2v) is 5.14. The Morgan fingerprint density at radius 2 is 1.69 bits per heavy atom. The first-order chi connectivity index (χ1) is 7.32. The SMILES string of the molecule is COc1c(C)cc(C(C)(C)N)c(OC)c1Br. The molecule has 90 valence electrons. The number of aryl methyl sites for hydroxylation is 1. The monoisotopic (exact) mass is 287 g/mol. The zero-order valence-electron chi connectivity index (χ0n) is 10.3. The maximum atomic E-state index is 6.12. The zero-order valence-corrected chi connectivity index (χ0v) is 11.9. The molecular formula is C12H18BrNO2. The molecule has 16 heavy (non-hydrogen) atoms. The zero-order chi connectivity index (χ0) is 12.5. The lowest BCUT2D eigenvalue weighted by atomic mass is 9.93. The number of hydrogen-bond acceptors (Lipinski definition) is 3. The maximum Gasteiger partial charge on any atom is 0.141 e. The molecule has 2 N–H and O–H groups in total. The maximum absolute atomic E-state index is 6.12. The van der Waals surface area contributed by atoms with E-state index in [-0.39, 0.29) is 0 Å². The Kier molecular flexibility index (Phi) is 3.86. The fourth-order valence-electron chi connectivity index (χ4n) is 1.67. The lowest BCUT2D eigenvalue weighted by molar-refractivity contribution is 0.374. The molecule has 0 bridgehead atoms. The fraction of sp³-hybridized carbons (Fsp3) is 0.500. The Labute approximate surface area is 105 Å². The number of nitrogens with two attached hydrogens (primary N) is 1. The van der Waals surface area contributed by atoms with Crippen LogP contribution in [0.25, 0.3) is 0 Å². The average molecular weight is 288 g/mol. The van der Waals surface area contributed by atoms with E-state index < -0.39 is 5.54 Å². The molecule has 0 atom stereocenters. The van der Waals surface area contributed by atoms with Gasteiger partial charge in [-0.1, -0.05) is 0 Å². The van der Waals surface area contributed by atoms with Crippen LogP contribution in [0.4, 0.5) is 0 Å². The minimum Gasteiger partial charge on any atom is -0.495 e. The van der Waals surface area contributed by atoms with E-state index in [0.717, 1.165) is 27.1 Å². The highest BCUT2D eigenvalue weighted by Gasteiger charge is 2.24. The highest BCUT2D eigenvalue weighted by molar-refractivity contribution is 9.10. The Morgan fingerprint density at radius 1 is 1.19 bits per heavy atom. The van der Waals surface area contributed by atoms with E-state index in [0.29, 0.717) is 0 Å². The molecule has 0 aliphatic rings. The van der Waals surface area contributed by atoms with Crippen LogP contribution in [0.2, 0.25) is 0 Å². The summed E-state index contributed by atoms with van der Waals surface area (Å²) in [5, 5.41) is 0. The molecule has 0 radical (unpaired) electrons. The molecule has 0 saturated heterocycles. The third-order valence-electron chi connectivity index (χ3n) is 2.46. The predicted molar refractivity (Wildman–Crippen MR) is 69.2 cm³/mol. The summed E-state index contributed by atoms with van der Waals surface area (Å²) in [4.78, 5) is 0. The molecule has 4 heteroatoms. The van der Waals surface area contributed by atoms with Gasteiger partial charge in [-0.3, -0.25) is 0 Å². The summed E-state index contributed by atoms with van der Waals surface area (Å²) in [5.41, 5.74) is 7.66. The van der Waals surface area contributed by atoms with Crippen molar-refractivity contribution in [2.75, 3.05) is 14.2 Å². The van der Waals surface area contributed by atoms with Crippen LogP contribution in [0.5, 0.6) is 11.5 Å². The number of rotatable bonds is 3. The number of hydrogen-bond donors (Lipinski definition) is 1. The minimum absolute atomic E-state index is 0.453. The van der Waals surface area contributed by atoms with Crippen molar-refractivity contribution in [3.05, 3.63) is 21.7 Å². The molecule has 1 aromatic rings. The third kappa shape index (κ3) is 2.33. The number of halogens is 1. The van der Waals surface area contributed by atoms with Gasteiger partial charge >= 0.3 is 0 Å². The van der Waals surface area contributed by atoms with E-state index in [4.69, 9.17) is 15.2 Å². The highest BCUT2D eigenvalue weighted by Crippen LogP contribution is 2.42. The summed E-state index contributed by atoms with van der Waals surface area (Å²) in [7, 11) is 3.27. The highest BCUT2D eigenvalue weighted by atomic mass is 79.9. The van der Waals surface area contributed by atoms with Crippen molar-refractivity contribution in [3.8, 4) is 11.5 Å². The molecule has 0 spiro atoms. The van der Waals surface area contributed by atoms with Gasteiger partial charge in [0, 0.05) is 11.1 Å². The lowest BCUT2D eigenvalue weighted by Crippen LogP contribution is -2.29. The van der Waals surface area contributed by atoms with Gasteiger partial charge in [-0.05, 0) is 48.3 Å². The van der Waals surface area contributed by atoms with Gasteiger partial charge in [0.2, 0.25) is 0 Å². The first kappa shape index (κ1) is 13.3. The number of benzene rings is 1. The quantitative estimate of drug-likeness (QED) is 0.930. The summed E-state index contributed by atoms with van der Waals surface area (Å²) < 4.78 is 11.5. The van der Waals surface area contributed by atoms with Crippen molar-refractivity contribution in [1.29, 1.82) is 0 Å². The molecule has 0 aromatic heterocycles. The molecular weight excluding hydrogens is 270 g/mol. The van der Waals surface area contributed by atoms with Crippen LogP contribution in [0.3, 0.4) is 0 Å². The van der Waals surface area contributed by atoms with E-state index in [1.165, 1.54) is 0 Å². The van der Waals surface area contributed by atoms with E-state index in [2.05, 4.69) is 15.9 Å². The molecule has 0 heterocycles. The van der Waals surface area contributed by atoms with Crippen LogP contribution >= 0.6 is 15.9 Å². The Balaban J connectivity index is 3.53. The average Bonchev–Trinajstić information content (AvgIpc) is 2.16. The van der Waals surface area contributed by atoms with Crippen molar-refractivity contribution < 1.29 is 9.47 Å². The summed E-state index contributed by atoms with van der Waals surface area (Å²) >= 11 is 3.49. The Bertz CT molecular complexity index is 397. The van der Waals surface area contributed by atoms with Gasteiger partial charge in [-0.2, -0.15) is 0 Å². The topological polar surface area (TPSA) is 44.5 Å². The summed E-state index contributed by atoms with van der Waals surface area (Å²) in [5.74, 6) is 1.51. The van der Waals surface area contributed by atoms with Crippen LogP contribution in [-0.4, -0.2) is 14.2 Å². The largest absolute Gasteiger partial charge is 0.495 e. The van der Waals surface area contributed by atoms with Gasteiger partial charge in [0.25, 0.3) is 0 Å². The van der Waals surface area contributed by atoms with Gasteiger partial charge < -0.3 is 15.2 Å². The predicted octanol–water partition coefficient (Wildman–Crippen LogP) is 2.97. The first-order valence-corrected chi connectivity index (χ1v) is 5.82. The molecule has 0 amide bonds. The smallest absolute Gasteiger partial charge is 0.141 e. The van der Waals surface area contributed by atoms with E-state index in [9.17, 15) is 0 Å². The molecule has 0 aliphatic carbocycles. The van der Waals surface area contributed by atoms with Gasteiger partial charge in [-0.25, -0.2) is 0 Å². The van der Waals surface area contributed by atoms with Crippen molar-refractivity contribution >= 4 is 15.9 Å². The summed E-state index contributed by atoms with van der Waals surface area (Å²) in [6.45, 7) is 5.88. The fourth-order valence-corrected chi connectivity index (χ4v) is 2.52. The standard InChI is InChI=1S/C12H18BrNO2/c1-7-6-8(12(2,3)14)11(16-5)9(13)10(7)15-4/h6H,14H2,1-5H3. The Morgan fingerprint density at radius 3 is 2.06 bits per heavy atom. The van der Waals surface area contributed by atoms with Crippen LogP contribution in [0, 0.1) is 6.92 Å². The van der Waals surface area contributed by atoms with E-state index >= 15 is 0 Å². The van der Waals surface area contributed by atoms with Gasteiger partial charge in [0.05, 0.1) is 14.2 Å². The van der Waals surface area contributed by atoms with Crippen LogP contribution in [0.15, 0.2) is 10.5 Å². The summed E-state index contributed by atoms with van der Waals surface area (Å²) in [6, 6.07) is 2.00. The van der Waals surface area contributed by atoms with Crippen LogP contribution < -0.4 is 15.2 Å². The van der Waals surface area contributed by atoms with Gasteiger partial charge in [0.15, 0.2) is 0 Å². The van der Waals surface area contributed by atoms with Crippen LogP contribution in [-0.2, 0) is 5.54 Å². The molecule has 3 nitrogen and oxygen atoms in total. The number of methoxy groups -OCH3 is 2. The molecule has 0 saturated carbocycles. The van der Waals surface area contributed by atoms with Crippen molar-refractivity contribution in [2.45, 2.75) is 26.3 Å². The molecule has 1 aromatic carbocycles. The third-order valence-corrected chi connectivity index (χ3v) is 3.18. The van der Waals surface area contributed by atoms with E-state index in [1.54, 1.807) is 14.2 Å². The normalized spacial score (nSPS) is 11.4. The van der Waals surface area contributed by atoms with Crippen molar-refractivity contribution in [2.24, 2.45) is 5.73 Å². The second kappa shape index (κ2) is 4.63. The van der Waals surface area contributed by atoms with Gasteiger partial charge in [0.1, 0.15) is 16.0 Å². The lowest BCUT2D eigenvalue weighted by Gasteiger charge is -2.24. The molecule has 0 aliphatic heterocycles. The van der Waals surface area contributed by atoms with Gasteiger partial charge in [-0.15, -0.1) is 0 Å². The first-order valence-electron chi connectivity index (χ1n) is 5.03. The molecule has 0 fully saturated rings. The van der Waals surface area contributed by atoms with Crippen LogP contribution in [0.1, 0.15) is 25.0 Å². The summed E-state index contributed by atoms with van der Waals surface area (Å²) in [6.07, 6.45) is 0. The molecule has 0 unspecified atom stereocenters. The molecule has 1 rings (SSSR count).